The van der Waals surface area contributed by atoms with Crippen molar-refractivity contribution in [1.29, 1.82) is 0 Å². The van der Waals surface area contributed by atoms with Crippen LogP contribution in [0.3, 0.4) is 0 Å². The lowest BCUT2D eigenvalue weighted by molar-refractivity contribution is -0.199. The lowest BCUT2D eigenvalue weighted by atomic mass is 9.43. The molecule has 1 saturated heterocycles. The van der Waals surface area contributed by atoms with Gasteiger partial charge < -0.3 is 62.9 Å². The van der Waals surface area contributed by atoms with Gasteiger partial charge in [0.05, 0.1) is 30.4 Å². The Morgan fingerprint density at radius 1 is 0.812 bits per heavy atom. The molecule has 4 aliphatic rings. The minimum absolute atomic E-state index is 0.0221. The first-order chi connectivity index (χ1) is 32.7. The van der Waals surface area contributed by atoms with Crippen molar-refractivity contribution in [2.24, 2.45) is 34.6 Å². The normalized spacial score (nSPS) is 22.7. The van der Waals surface area contributed by atoms with Gasteiger partial charge in [0, 0.05) is 18.5 Å². The molecule has 3 aliphatic carbocycles. The quantitative estimate of drug-likeness (QED) is 0.0368. The van der Waals surface area contributed by atoms with Gasteiger partial charge in [-0.05, 0) is 124 Å². The topological polar surface area (TPSA) is 286 Å². The molecule has 4 fully saturated rings. The van der Waals surface area contributed by atoms with Crippen molar-refractivity contribution in [2.45, 2.75) is 161 Å². The van der Waals surface area contributed by atoms with Gasteiger partial charge >= 0.3 is 7.12 Å². The number of amides is 6. The number of aliphatic hydroxyl groups excluding tert-OH is 2. The average molecular weight is 961 g/mol. The lowest BCUT2D eigenvalue weighted by Gasteiger charge is -2.64. The number of nitrogens with two attached hydrogens (primary N) is 2. The van der Waals surface area contributed by atoms with Crippen LogP contribution in [0.4, 0.5) is 0 Å². The number of rotatable bonds is 26. The maximum atomic E-state index is 13.7. The van der Waals surface area contributed by atoms with Crippen molar-refractivity contribution in [1.82, 2.24) is 31.9 Å². The summed E-state index contributed by atoms with van der Waals surface area (Å²) in [4.78, 5) is 80.3. The number of unbranched alkanes of at least 4 members (excludes halogenated alkanes) is 2. The summed E-state index contributed by atoms with van der Waals surface area (Å²) in [6.45, 7) is 13.5. The van der Waals surface area contributed by atoms with Gasteiger partial charge in [-0.2, -0.15) is 0 Å². The summed E-state index contributed by atoms with van der Waals surface area (Å²) in [5.74, 6) is -4.47. The van der Waals surface area contributed by atoms with Gasteiger partial charge in [0.25, 0.3) is 11.8 Å². The van der Waals surface area contributed by atoms with E-state index in [-0.39, 0.29) is 55.1 Å². The Labute approximate surface area is 407 Å². The standard InChI is InChI=1S/C50H77BN8O10/c1-8-9-12-31-14-16-32(17-15-31)33-18-20-34(21-19-33)44(63)54-24-22-41(62)55-36(13-10-11-23-52)45(64)58-42(30(4)61)47(66)59-43(53)48(67)56-37(25-29(2)3)46(65)57-40(28-60)51-68-39-27-35-26-38(49(35,5)6)50(39,7)69-51/h14-21,29-30,35-40,42-43,60-61H,8-13,22-28,52-53H2,1-7H3,(H,54,63)(H,55,62)(H,56,67)(H,57,65)(H,58,64)(H,59,66)/t30?,35-,36-,37-,38-,39?,40-,42-,43+,50-/m0/s1. The zero-order chi connectivity index (χ0) is 50.6. The molecule has 2 bridgehead atoms. The average Bonchev–Trinajstić information content (AvgIpc) is 3.68. The molecule has 6 rings (SSSR count). The third kappa shape index (κ3) is 14.1. The van der Waals surface area contributed by atoms with Crippen LogP contribution in [0.1, 0.15) is 122 Å². The van der Waals surface area contributed by atoms with Crippen molar-refractivity contribution in [3.8, 4) is 11.1 Å². The van der Waals surface area contributed by atoms with Crippen molar-refractivity contribution < 1.29 is 48.3 Å². The molecule has 1 heterocycles. The molecular formula is C50H77BN8O10. The van der Waals surface area contributed by atoms with E-state index in [4.69, 9.17) is 20.8 Å². The van der Waals surface area contributed by atoms with Crippen molar-refractivity contribution in [2.75, 3.05) is 19.7 Å². The van der Waals surface area contributed by atoms with Gasteiger partial charge in [0.2, 0.25) is 23.6 Å². The van der Waals surface area contributed by atoms with Gasteiger partial charge in [-0.3, -0.25) is 28.8 Å². The zero-order valence-corrected chi connectivity index (χ0v) is 41.5. The Hall–Kier alpha value is -4.92. The SMILES string of the molecule is CCCCc1ccc(-c2ccc(C(=O)NCCC(=O)N[C@@H](CCCCN)C(=O)N[C@H](C(=O)N[C@@H](N)C(=O)N[C@@H](CC(C)C)C(=O)N[C@@H](CO)B3OC4C[C@@H]5C[C@@H](C5(C)C)[C@]4(C)O3)C(C)O)cc2)cc1. The monoisotopic (exact) mass is 961 g/mol. The molecule has 2 aromatic carbocycles. The molecule has 3 saturated carbocycles. The first kappa shape index (κ1) is 55.0. The molecule has 0 spiro atoms. The zero-order valence-electron chi connectivity index (χ0n) is 41.5. The van der Waals surface area contributed by atoms with Crippen LogP contribution in [0, 0.1) is 23.2 Å². The smallest absolute Gasteiger partial charge is 0.404 e. The third-order valence-corrected chi connectivity index (χ3v) is 14.3. The summed E-state index contributed by atoms with van der Waals surface area (Å²) in [5, 5.41) is 36.5. The van der Waals surface area contributed by atoms with Crippen LogP contribution in [0.15, 0.2) is 48.5 Å². The maximum Gasteiger partial charge on any atom is 0.484 e. The van der Waals surface area contributed by atoms with Gasteiger partial charge in [0.1, 0.15) is 18.1 Å². The number of aryl methyl sites for hydroxylation is 1. The molecule has 2 aromatic rings. The molecule has 18 nitrogen and oxygen atoms in total. The number of benzene rings is 2. The van der Waals surface area contributed by atoms with Crippen LogP contribution in [0.25, 0.3) is 11.1 Å². The minimum atomic E-state index is -1.72. The molecular weight excluding hydrogens is 883 g/mol. The van der Waals surface area contributed by atoms with Gasteiger partial charge in [-0.1, -0.05) is 77.4 Å². The number of nitrogens with one attached hydrogen (secondary N) is 6. The summed E-state index contributed by atoms with van der Waals surface area (Å²) in [5.41, 5.74) is 15.0. The van der Waals surface area contributed by atoms with E-state index in [0.29, 0.717) is 30.9 Å². The van der Waals surface area contributed by atoms with Crippen LogP contribution in [0.5, 0.6) is 0 Å². The number of hydrogen-bond acceptors (Lipinski definition) is 12. The highest BCUT2D eigenvalue weighted by molar-refractivity contribution is 6.48. The van der Waals surface area contributed by atoms with Gasteiger partial charge in [-0.25, -0.2) is 0 Å². The van der Waals surface area contributed by atoms with Crippen molar-refractivity contribution in [3.05, 3.63) is 59.7 Å². The molecule has 6 amide bonds. The van der Waals surface area contributed by atoms with Crippen molar-refractivity contribution in [3.63, 3.8) is 0 Å². The Morgan fingerprint density at radius 3 is 2.06 bits per heavy atom. The maximum absolute atomic E-state index is 13.7. The highest BCUT2D eigenvalue weighted by Crippen LogP contribution is 2.65. The third-order valence-electron chi connectivity index (χ3n) is 14.3. The first-order valence-electron chi connectivity index (χ1n) is 24.8. The van der Waals surface area contributed by atoms with Crippen LogP contribution < -0.4 is 43.4 Å². The minimum Gasteiger partial charge on any atom is -0.404 e. The molecule has 12 N–H and O–H groups in total. The van der Waals surface area contributed by atoms with E-state index in [1.165, 1.54) is 12.5 Å². The molecule has 380 valence electrons. The molecule has 0 aromatic heterocycles. The van der Waals surface area contributed by atoms with Crippen LogP contribution >= 0.6 is 0 Å². The van der Waals surface area contributed by atoms with Gasteiger partial charge in [0.15, 0.2) is 6.17 Å². The molecule has 69 heavy (non-hydrogen) atoms. The van der Waals surface area contributed by atoms with E-state index in [1.807, 2.05) is 32.9 Å². The Balaban J connectivity index is 1.11. The summed E-state index contributed by atoms with van der Waals surface area (Å²) in [6.07, 6.45) is 2.95. The molecule has 1 aliphatic heterocycles. The van der Waals surface area contributed by atoms with Crippen LogP contribution in [-0.2, 0) is 39.7 Å². The highest BCUT2D eigenvalue weighted by atomic mass is 16.7. The predicted octanol–water partition coefficient (Wildman–Crippen LogP) is 1.97. The molecule has 0 radical (unpaired) electrons. The summed E-state index contributed by atoms with van der Waals surface area (Å²) in [7, 11) is -0.908. The fourth-order valence-corrected chi connectivity index (χ4v) is 9.96. The molecule has 10 atom stereocenters. The Kier molecular flexibility index (Phi) is 19.7. The lowest BCUT2D eigenvalue weighted by Crippen LogP contribution is -2.65. The fourth-order valence-electron chi connectivity index (χ4n) is 9.96. The summed E-state index contributed by atoms with van der Waals surface area (Å²) < 4.78 is 12.7. The second-order valence-electron chi connectivity index (χ2n) is 20.3. The second-order valence-corrected chi connectivity index (χ2v) is 20.3. The first-order valence-corrected chi connectivity index (χ1v) is 24.8. The largest absolute Gasteiger partial charge is 0.484 e. The van der Waals surface area contributed by atoms with E-state index in [0.717, 1.165) is 43.2 Å². The number of carbonyl (C=O) groups is 6. The van der Waals surface area contributed by atoms with Crippen LogP contribution in [-0.4, -0.2) is 121 Å². The van der Waals surface area contributed by atoms with E-state index in [9.17, 15) is 39.0 Å². The Bertz CT molecular complexity index is 2070. The summed E-state index contributed by atoms with van der Waals surface area (Å²) in [6, 6.07) is 11.7. The highest BCUT2D eigenvalue weighted by Gasteiger charge is 2.68. The van der Waals surface area contributed by atoms with Crippen molar-refractivity contribution >= 4 is 42.6 Å². The van der Waals surface area contributed by atoms with E-state index in [2.05, 4.69) is 76.9 Å². The number of carbonyl (C=O) groups excluding carboxylic acids is 6. The van der Waals surface area contributed by atoms with Crippen LogP contribution in [0.2, 0.25) is 0 Å². The van der Waals surface area contributed by atoms with E-state index in [1.54, 1.807) is 12.1 Å². The molecule has 19 heteroatoms. The molecule has 2 unspecified atom stereocenters. The Morgan fingerprint density at radius 2 is 1.46 bits per heavy atom. The summed E-state index contributed by atoms with van der Waals surface area (Å²) >= 11 is 0. The van der Waals surface area contributed by atoms with E-state index < -0.39 is 85.2 Å². The number of aliphatic hydroxyl groups is 2. The second kappa shape index (κ2) is 24.8. The van der Waals surface area contributed by atoms with E-state index >= 15 is 0 Å². The van der Waals surface area contributed by atoms with Gasteiger partial charge in [-0.15, -0.1) is 0 Å². The predicted molar refractivity (Wildman–Crippen MR) is 263 cm³/mol. The number of hydrogen-bond donors (Lipinski definition) is 10. The fraction of sp³-hybridized carbons (Fsp3) is 0.640.